The Kier molecular flexibility index (Phi) is 13.0. The van der Waals surface area contributed by atoms with Gasteiger partial charge in [0.25, 0.3) is 10.0 Å². The van der Waals surface area contributed by atoms with Crippen molar-refractivity contribution in [3.05, 3.63) is 113 Å². The fraction of sp³-hybridized carbons (Fsp3) is 0.333. The van der Waals surface area contributed by atoms with Crippen molar-refractivity contribution in [2.24, 2.45) is 0 Å². The van der Waals surface area contributed by atoms with E-state index in [2.05, 4.69) is 5.32 Å². The van der Waals surface area contributed by atoms with Crippen LogP contribution in [0.3, 0.4) is 0 Å². The molecule has 1 unspecified atom stereocenters. The Labute approximate surface area is 309 Å². The largest absolute Gasteiger partial charge is 0.495 e. The normalized spacial score (nSPS) is 13.9. The predicted octanol–water partition coefficient (Wildman–Crippen LogP) is 6.79. The van der Waals surface area contributed by atoms with Gasteiger partial charge in [-0.05, 0) is 54.8 Å². The molecule has 0 bridgehead atoms. The first kappa shape index (κ1) is 38.4. The molecule has 1 fully saturated rings. The molecule has 52 heavy (non-hydrogen) atoms. The van der Waals surface area contributed by atoms with Crippen LogP contribution in [0.15, 0.2) is 95.9 Å². The molecule has 0 radical (unpaired) electrons. The maximum absolute atomic E-state index is 15.3. The summed E-state index contributed by atoms with van der Waals surface area (Å²) in [4.78, 5) is 30.2. The molecule has 2 amide bonds. The zero-order valence-corrected chi connectivity index (χ0v) is 31.0. The van der Waals surface area contributed by atoms with Crippen LogP contribution in [0.25, 0.3) is 0 Å². The number of anilines is 1. The van der Waals surface area contributed by atoms with Crippen molar-refractivity contribution in [2.45, 2.75) is 62.0 Å². The maximum Gasteiger partial charge on any atom is 0.265 e. The van der Waals surface area contributed by atoms with Crippen molar-refractivity contribution >= 4 is 39.1 Å². The average molecular weight is 752 g/mol. The van der Waals surface area contributed by atoms with Gasteiger partial charge in [-0.2, -0.15) is 0 Å². The van der Waals surface area contributed by atoms with Gasteiger partial charge in [-0.15, -0.1) is 0 Å². The Morgan fingerprint density at radius 2 is 1.50 bits per heavy atom. The summed E-state index contributed by atoms with van der Waals surface area (Å²) in [6, 6.07) is 22.4. The van der Waals surface area contributed by atoms with E-state index < -0.39 is 40.2 Å². The smallest absolute Gasteiger partial charge is 0.265 e. The third kappa shape index (κ3) is 9.15. The Balaban J connectivity index is 1.63. The van der Waals surface area contributed by atoms with Crippen molar-refractivity contribution < 1.29 is 36.6 Å². The fourth-order valence-corrected chi connectivity index (χ4v) is 7.98. The summed E-state index contributed by atoms with van der Waals surface area (Å²) >= 11 is 6.40. The zero-order chi connectivity index (χ0) is 37.3. The molecule has 276 valence electrons. The molecule has 13 heteroatoms. The lowest BCUT2D eigenvalue weighted by molar-refractivity contribution is -0.140. The van der Waals surface area contributed by atoms with Crippen LogP contribution in [0, 0.1) is 5.82 Å². The molecular weight excluding hydrogens is 709 g/mol. The van der Waals surface area contributed by atoms with E-state index in [0.717, 1.165) is 42.0 Å². The molecule has 5 rings (SSSR count). The van der Waals surface area contributed by atoms with Gasteiger partial charge in [0.15, 0.2) is 11.5 Å². The van der Waals surface area contributed by atoms with Gasteiger partial charge in [0.05, 0.1) is 31.9 Å². The minimum Gasteiger partial charge on any atom is -0.495 e. The van der Waals surface area contributed by atoms with Crippen molar-refractivity contribution in [3.63, 3.8) is 0 Å². The van der Waals surface area contributed by atoms with E-state index in [1.807, 2.05) is 30.3 Å². The first-order valence-electron chi connectivity index (χ1n) is 17.0. The highest BCUT2D eigenvalue weighted by atomic mass is 35.5. The third-order valence-electron chi connectivity index (χ3n) is 9.15. The van der Waals surface area contributed by atoms with Crippen molar-refractivity contribution in [1.29, 1.82) is 0 Å². The van der Waals surface area contributed by atoms with E-state index in [4.69, 9.17) is 25.8 Å². The molecule has 1 aliphatic carbocycles. The molecule has 10 nitrogen and oxygen atoms in total. The Morgan fingerprint density at radius 3 is 2.17 bits per heavy atom. The number of nitrogens with one attached hydrogen (secondary N) is 1. The Bertz CT molecular complexity index is 1960. The molecular formula is C39H43ClFN3O7S. The SMILES string of the molecule is COc1ccc(S(=O)(=O)N(CC(=O)N(Cc2ccccc2F)C(Cc2ccccc2)C(=O)NC2CCCCC2)c2cc(Cl)ccc2OC)cc1OC. The Hall–Kier alpha value is -4.81. The molecule has 1 aliphatic rings. The summed E-state index contributed by atoms with van der Waals surface area (Å²) in [6.07, 6.45) is 4.72. The average Bonchev–Trinajstić information content (AvgIpc) is 3.16. The first-order chi connectivity index (χ1) is 25.0. The summed E-state index contributed by atoms with van der Waals surface area (Å²) < 4.78 is 61.7. The van der Waals surface area contributed by atoms with E-state index >= 15 is 4.39 Å². The minimum atomic E-state index is -4.56. The van der Waals surface area contributed by atoms with Crippen molar-refractivity contribution in [3.8, 4) is 17.2 Å². The molecule has 0 saturated heterocycles. The molecule has 1 atom stereocenters. The van der Waals surface area contributed by atoms with Gasteiger partial charge < -0.3 is 24.4 Å². The number of hydrogen-bond acceptors (Lipinski definition) is 7. The summed E-state index contributed by atoms with van der Waals surface area (Å²) in [5.41, 5.74) is 0.910. The van der Waals surface area contributed by atoms with Crippen LogP contribution in [0.1, 0.15) is 43.2 Å². The molecule has 1 saturated carbocycles. The molecule has 0 heterocycles. The lowest BCUT2D eigenvalue weighted by Crippen LogP contribution is -2.55. The number of benzene rings is 4. The molecule has 1 N–H and O–H groups in total. The van der Waals surface area contributed by atoms with Gasteiger partial charge >= 0.3 is 0 Å². The number of methoxy groups -OCH3 is 3. The zero-order valence-electron chi connectivity index (χ0n) is 29.4. The highest BCUT2D eigenvalue weighted by Crippen LogP contribution is 2.37. The van der Waals surface area contributed by atoms with Gasteiger partial charge in [-0.1, -0.05) is 79.4 Å². The van der Waals surface area contributed by atoms with E-state index in [1.54, 1.807) is 6.07 Å². The topological polar surface area (TPSA) is 114 Å². The minimum absolute atomic E-state index is 0.0183. The van der Waals surface area contributed by atoms with Crippen LogP contribution < -0.4 is 23.8 Å². The van der Waals surface area contributed by atoms with Gasteiger partial charge in [0, 0.05) is 35.7 Å². The summed E-state index contributed by atoms with van der Waals surface area (Å²) in [5, 5.41) is 3.33. The number of hydrogen-bond donors (Lipinski definition) is 1. The van der Waals surface area contributed by atoms with Crippen LogP contribution in [0.2, 0.25) is 5.02 Å². The van der Waals surface area contributed by atoms with Gasteiger partial charge in [0.1, 0.15) is 24.2 Å². The molecule has 4 aromatic rings. The summed E-state index contributed by atoms with van der Waals surface area (Å²) in [6.45, 7) is -1.10. The van der Waals surface area contributed by atoms with Crippen LogP contribution in [0.5, 0.6) is 17.2 Å². The monoisotopic (exact) mass is 751 g/mol. The van der Waals surface area contributed by atoms with E-state index in [1.165, 1.54) is 80.8 Å². The van der Waals surface area contributed by atoms with Crippen LogP contribution in [-0.4, -0.2) is 65.1 Å². The fourth-order valence-electron chi connectivity index (χ4n) is 6.38. The summed E-state index contributed by atoms with van der Waals surface area (Å²) in [5.74, 6) is -1.16. The van der Waals surface area contributed by atoms with E-state index in [0.29, 0.717) is 5.75 Å². The molecule has 4 aromatic carbocycles. The third-order valence-corrected chi connectivity index (χ3v) is 11.1. The standard InChI is InChI=1S/C39H43ClFN3O7S/c1-49-35-20-18-29(40)23-33(35)44(52(47,48)31-19-21-36(50-2)37(24-31)51-3)26-38(45)43(25-28-14-10-11-17-32(28)41)34(22-27-12-6-4-7-13-27)39(46)42-30-15-8-5-9-16-30/h4,6-7,10-14,17-21,23-24,30,34H,5,8-9,15-16,22,25-26H2,1-3H3,(H,42,46). The number of rotatable bonds is 15. The second kappa shape index (κ2) is 17.6. The maximum atomic E-state index is 15.3. The highest BCUT2D eigenvalue weighted by Gasteiger charge is 2.37. The second-order valence-corrected chi connectivity index (χ2v) is 14.8. The highest BCUT2D eigenvalue weighted by molar-refractivity contribution is 7.92. The first-order valence-corrected chi connectivity index (χ1v) is 18.8. The van der Waals surface area contributed by atoms with Gasteiger partial charge in [-0.25, -0.2) is 12.8 Å². The van der Waals surface area contributed by atoms with E-state index in [9.17, 15) is 18.0 Å². The predicted molar refractivity (Wildman–Crippen MR) is 198 cm³/mol. The molecule has 0 aliphatic heterocycles. The van der Waals surface area contributed by atoms with Crippen LogP contribution >= 0.6 is 11.6 Å². The quantitative estimate of drug-likeness (QED) is 0.142. The second-order valence-electron chi connectivity index (χ2n) is 12.5. The van der Waals surface area contributed by atoms with Gasteiger partial charge in [0.2, 0.25) is 11.8 Å². The van der Waals surface area contributed by atoms with E-state index in [-0.39, 0.29) is 51.7 Å². The van der Waals surface area contributed by atoms with Crippen molar-refractivity contribution in [2.75, 3.05) is 32.2 Å². The lowest BCUT2D eigenvalue weighted by Gasteiger charge is -2.35. The number of halogens is 2. The lowest BCUT2D eigenvalue weighted by atomic mass is 9.94. The van der Waals surface area contributed by atoms with Crippen molar-refractivity contribution in [1.82, 2.24) is 10.2 Å². The van der Waals surface area contributed by atoms with Gasteiger partial charge in [-0.3, -0.25) is 13.9 Å². The molecule has 0 aromatic heterocycles. The summed E-state index contributed by atoms with van der Waals surface area (Å²) in [7, 11) is -0.393. The van der Waals surface area contributed by atoms with Crippen LogP contribution in [0.4, 0.5) is 10.1 Å². The number of nitrogens with zero attached hydrogens (tertiary/aromatic N) is 2. The number of sulfonamides is 1. The Morgan fingerprint density at radius 1 is 0.846 bits per heavy atom. The molecule has 0 spiro atoms. The number of ether oxygens (including phenoxy) is 3. The number of amides is 2. The number of carbonyl (C=O) groups excluding carboxylic acids is 2. The van der Waals surface area contributed by atoms with Crippen LogP contribution in [-0.2, 0) is 32.6 Å². The number of carbonyl (C=O) groups is 2.